The minimum absolute atomic E-state index is 0.0673. The highest BCUT2D eigenvalue weighted by Gasteiger charge is 2.30. The molecular formula is C15H15F6NO4. The molecule has 0 saturated carbocycles. The summed E-state index contributed by atoms with van der Waals surface area (Å²) in [5, 5.41) is 2.37. The average molecular weight is 387 g/mol. The Hall–Kier alpha value is -2.17. The smallest absolute Gasteiger partial charge is 0.422 e. The van der Waals surface area contributed by atoms with Gasteiger partial charge in [0.1, 0.15) is 17.6 Å². The second-order valence-electron chi connectivity index (χ2n) is 5.49. The molecule has 0 spiro atoms. The van der Waals surface area contributed by atoms with Crippen molar-refractivity contribution >= 4 is 11.6 Å². The Morgan fingerprint density at radius 3 is 2.00 bits per heavy atom. The quantitative estimate of drug-likeness (QED) is 0.757. The van der Waals surface area contributed by atoms with E-state index in [-0.39, 0.29) is 5.69 Å². The van der Waals surface area contributed by atoms with Gasteiger partial charge >= 0.3 is 12.4 Å². The Kier molecular flexibility index (Phi) is 6.21. The van der Waals surface area contributed by atoms with Crippen molar-refractivity contribution in [2.45, 2.75) is 31.3 Å². The van der Waals surface area contributed by atoms with Gasteiger partial charge in [-0.15, -0.1) is 0 Å². The van der Waals surface area contributed by atoms with E-state index in [1.54, 1.807) is 0 Å². The molecule has 1 saturated heterocycles. The standard InChI is InChI=1S/C15H15F6NO4/c16-14(17,18)7-25-10-4-9(22-13(23)12-2-1-3-24-12)5-11(6-10)26-8-15(19,20)21/h4-6,12H,1-3,7-8H2,(H,22,23)/t12-/m0/s1. The lowest BCUT2D eigenvalue weighted by molar-refractivity contribution is -0.153. The van der Waals surface area contributed by atoms with Gasteiger partial charge < -0.3 is 19.5 Å². The molecule has 11 heteroatoms. The third kappa shape index (κ3) is 6.98. The molecule has 1 aliphatic heterocycles. The van der Waals surface area contributed by atoms with Gasteiger partial charge in [0.05, 0.1) is 0 Å². The van der Waals surface area contributed by atoms with Crippen LogP contribution < -0.4 is 14.8 Å². The maximum atomic E-state index is 12.3. The molecule has 1 fully saturated rings. The number of hydrogen-bond donors (Lipinski definition) is 1. The van der Waals surface area contributed by atoms with Crippen LogP contribution in [-0.4, -0.2) is 44.2 Å². The number of amides is 1. The monoisotopic (exact) mass is 387 g/mol. The third-order valence-corrected chi connectivity index (χ3v) is 3.17. The number of carbonyl (C=O) groups is 1. The van der Waals surface area contributed by atoms with Crippen molar-refractivity contribution in [1.82, 2.24) is 0 Å². The van der Waals surface area contributed by atoms with E-state index in [0.29, 0.717) is 19.4 Å². The van der Waals surface area contributed by atoms with Crippen molar-refractivity contribution in [2.24, 2.45) is 0 Å². The van der Waals surface area contributed by atoms with E-state index in [9.17, 15) is 31.1 Å². The van der Waals surface area contributed by atoms with E-state index in [0.717, 1.165) is 18.2 Å². The van der Waals surface area contributed by atoms with Crippen molar-refractivity contribution < 1.29 is 45.3 Å². The predicted molar refractivity (Wildman–Crippen MR) is 77.1 cm³/mol. The van der Waals surface area contributed by atoms with Crippen molar-refractivity contribution in [3.05, 3.63) is 18.2 Å². The van der Waals surface area contributed by atoms with Gasteiger partial charge in [0, 0.05) is 30.5 Å². The van der Waals surface area contributed by atoms with Crippen LogP contribution in [0.1, 0.15) is 12.8 Å². The zero-order valence-electron chi connectivity index (χ0n) is 13.2. The second-order valence-corrected chi connectivity index (χ2v) is 5.49. The third-order valence-electron chi connectivity index (χ3n) is 3.17. The molecule has 1 aromatic carbocycles. The van der Waals surface area contributed by atoms with Crippen LogP contribution in [0, 0.1) is 0 Å². The van der Waals surface area contributed by atoms with E-state index in [1.807, 2.05) is 0 Å². The molecular weight excluding hydrogens is 372 g/mol. The number of anilines is 1. The van der Waals surface area contributed by atoms with Gasteiger partial charge in [0.2, 0.25) is 0 Å². The zero-order chi connectivity index (χ0) is 19.4. The molecule has 2 rings (SSSR count). The highest BCUT2D eigenvalue weighted by atomic mass is 19.4. The molecule has 1 N–H and O–H groups in total. The van der Waals surface area contributed by atoms with Crippen LogP contribution >= 0.6 is 0 Å². The number of alkyl halides is 6. The number of halogens is 6. The summed E-state index contributed by atoms with van der Waals surface area (Å²) in [5.74, 6) is -1.36. The number of nitrogens with one attached hydrogen (secondary N) is 1. The molecule has 1 heterocycles. The normalized spacial score (nSPS) is 17.8. The summed E-state index contributed by atoms with van der Waals surface area (Å²) in [4.78, 5) is 12.0. The van der Waals surface area contributed by atoms with Gasteiger partial charge in [-0.3, -0.25) is 4.79 Å². The van der Waals surface area contributed by atoms with Gasteiger partial charge in [-0.25, -0.2) is 0 Å². The first-order valence-electron chi connectivity index (χ1n) is 7.48. The maximum absolute atomic E-state index is 12.3. The summed E-state index contributed by atoms with van der Waals surface area (Å²) in [6, 6.07) is 2.98. The van der Waals surface area contributed by atoms with Crippen molar-refractivity contribution in [3.8, 4) is 11.5 Å². The fourth-order valence-corrected chi connectivity index (χ4v) is 2.15. The SMILES string of the molecule is O=C(Nc1cc(OCC(F)(F)F)cc(OCC(F)(F)F)c1)[C@@H]1CCCO1. The van der Waals surface area contributed by atoms with E-state index in [4.69, 9.17) is 4.74 Å². The summed E-state index contributed by atoms with van der Waals surface area (Å²) in [6.45, 7) is -2.89. The van der Waals surface area contributed by atoms with Crippen molar-refractivity contribution in [3.63, 3.8) is 0 Å². The molecule has 1 aliphatic rings. The van der Waals surface area contributed by atoms with Crippen LogP contribution in [0.4, 0.5) is 32.0 Å². The molecule has 0 bridgehead atoms. The molecule has 0 aliphatic carbocycles. The Bertz CT molecular complexity index is 589. The molecule has 1 amide bonds. The molecule has 0 radical (unpaired) electrons. The Morgan fingerprint density at radius 2 is 1.58 bits per heavy atom. The van der Waals surface area contributed by atoms with Crippen LogP contribution in [0.2, 0.25) is 0 Å². The summed E-state index contributed by atoms with van der Waals surface area (Å²) in [5.41, 5.74) is -0.0673. The molecule has 1 atom stereocenters. The Labute approximate surface area is 144 Å². The van der Waals surface area contributed by atoms with Crippen LogP contribution in [0.5, 0.6) is 11.5 Å². The lowest BCUT2D eigenvalue weighted by atomic mass is 10.2. The van der Waals surface area contributed by atoms with E-state index in [2.05, 4.69) is 14.8 Å². The first-order valence-corrected chi connectivity index (χ1v) is 7.48. The van der Waals surface area contributed by atoms with Gasteiger partial charge in [0.25, 0.3) is 5.91 Å². The summed E-state index contributed by atoms with van der Waals surface area (Å²) in [6.07, 6.45) is -8.86. The molecule has 146 valence electrons. The van der Waals surface area contributed by atoms with E-state index < -0.39 is 49.1 Å². The van der Waals surface area contributed by atoms with Crippen molar-refractivity contribution in [2.75, 3.05) is 25.1 Å². The van der Waals surface area contributed by atoms with Gasteiger partial charge in [0.15, 0.2) is 13.2 Å². The first kappa shape index (κ1) is 20.1. The minimum atomic E-state index is -4.63. The lowest BCUT2D eigenvalue weighted by Crippen LogP contribution is -2.27. The number of hydrogen-bond acceptors (Lipinski definition) is 4. The first-order chi connectivity index (χ1) is 12.0. The highest BCUT2D eigenvalue weighted by molar-refractivity contribution is 5.94. The molecule has 5 nitrogen and oxygen atoms in total. The molecule has 1 aromatic rings. The fraction of sp³-hybridized carbons (Fsp3) is 0.533. The highest BCUT2D eigenvalue weighted by Crippen LogP contribution is 2.29. The van der Waals surface area contributed by atoms with Gasteiger partial charge in [-0.1, -0.05) is 0 Å². The summed E-state index contributed by atoms with van der Waals surface area (Å²) in [7, 11) is 0. The van der Waals surface area contributed by atoms with Crippen LogP contribution in [0.25, 0.3) is 0 Å². The Morgan fingerprint density at radius 1 is 1.04 bits per heavy atom. The van der Waals surface area contributed by atoms with Crippen LogP contribution in [0.15, 0.2) is 18.2 Å². The molecule has 26 heavy (non-hydrogen) atoms. The molecule has 0 unspecified atom stereocenters. The zero-order valence-corrected chi connectivity index (χ0v) is 13.2. The van der Waals surface area contributed by atoms with E-state index in [1.165, 1.54) is 0 Å². The van der Waals surface area contributed by atoms with Crippen molar-refractivity contribution in [1.29, 1.82) is 0 Å². The fourth-order valence-electron chi connectivity index (χ4n) is 2.15. The van der Waals surface area contributed by atoms with E-state index >= 15 is 0 Å². The van der Waals surface area contributed by atoms with Crippen LogP contribution in [-0.2, 0) is 9.53 Å². The molecule has 0 aromatic heterocycles. The maximum Gasteiger partial charge on any atom is 0.422 e. The number of carbonyl (C=O) groups excluding carboxylic acids is 1. The second kappa shape index (κ2) is 8.02. The van der Waals surface area contributed by atoms with Gasteiger partial charge in [-0.05, 0) is 12.8 Å². The average Bonchev–Trinajstić information content (AvgIpc) is 3.04. The predicted octanol–water partition coefficient (Wildman–Crippen LogP) is 3.69. The number of ether oxygens (including phenoxy) is 3. The van der Waals surface area contributed by atoms with Crippen LogP contribution in [0.3, 0.4) is 0 Å². The number of rotatable bonds is 6. The Balaban J connectivity index is 2.14. The number of benzene rings is 1. The van der Waals surface area contributed by atoms with Gasteiger partial charge in [-0.2, -0.15) is 26.3 Å². The topological polar surface area (TPSA) is 56.8 Å². The lowest BCUT2D eigenvalue weighted by Gasteiger charge is -2.16. The summed E-state index contributed by atoms with van der Waals surface area (Å²) < 4.78 is 87.8. The largest absolute Gasteiger partial charge is 0.484 e. The minimum Gasteiger partial charge on any atom is -0.484 e. The summed E-state index contributed by atoms with van der Waals surface area (Å²) >= 11 is 0.